The predicted octanol–water partition coefficient (Wildman–Crippen LogP) is 7.97. The number of hydrogen-bond donors (Lipinski definition) is 0. The number of carbonyl (C=O) groups is 3. The largest absolute Gasteiger partial charge is 0.440 e. The highest BCUT2D eigenvalue weighted by Crippen LogP contribution is 2.51. The van der Waals surface area contributed by atoms with E-state index in [-0.39, 0.29) is 11.0 Å². The Morgan fingerprint density at radius 1 is 0.558 bits per heavy atom. The number of barbiturate groups is 1. The van der Waals surface area contributed by atoms with Gasteiger partial charge in [0.15, 0.2) is 0 Å². The van der Waals surface area contributed by atoms with E-state index >= 15 is 0 Å². The summed E-state index contributed by atoms with van der Waals surface area (Å²) in [5, 5.41) is 0. The van der Waals surface area contributed by atoms with Crippen LogP contribution in [0.3, 0.4) is 0 Å². The van der Waals surface area contributed by atoms with Crippen molar-refractivity contribution in [2.75, 3.05) is 14.7 Å². The average Bonchev–Trinajstić information content (AvgIpc) is 3.49. The number of fused-ring (bicyclic) bond motifs is 2. The first-order valence-corrected chi connectivity index (χ1v) is 14.0. The highest BCUT2D eigenvalue weighted by Gasteiger charge is 2.44. The molecule has 1 fully saturated rings. The van der Waals surface area contributed by atoms with Crippen molar-refractivity contribution >= 4 is 52.6 Å². The van der Waals surface area contributed by atoms with Crippen LogP contribution in [-0.4, -0.2) is 17.8 Å². The van der Waals surface area contributed by atoms with Crippen molar-refractivity contribution in [2.45, 2.75) is 19.3 Å². The maximum Gasteiger partial charge on any atom is 0.343 e. The molecule has 4 aromatic carbocycles. The molecule has 0 saturated carbocycles. The van der Waals surface area contributed by atoms with Crippen LogP contribution in [0.15, 0.2) is 131 Å². The van der Waals surface area contributed by atoms with Gasteiger partial charge in [-0.1, -0.05) is 86.6 Å². The average molecular weight is 566 g/mol. The molecule has 1 saturated heterocycles. The molecule has 5 aromatic rings. The highest BCUT2D eigenvalue weighted by molar-refractivity contribution is 6.46. The van der Waals surface area contributed by atoms with Crippen LogP contribution in [0.2, 0.25) is 0 Å². The van der Waals surface area contributed by atoms with Crippen molar-refractivity contribution in [3.8, 4) is 0 Å². The first-order valence-electron chi connectivity index (χ1n) is 14.0. The van der Waals surface area contributed by atoms with E-state index in [1.165, 1.54) is 6.08 Å². The van der Waals surface area contributed by atoms with Gasteiger partial charge >= 0.3 is 6.03 Å². The molecule has 0 spiro atoms. The van der Waals surface area contributed by atoms with Crippen molar-refractivity contribution in [1.29, 1.82) is 0 Å². The zero-order valence-electron chi connectivity index (χ0n) is 23.6. The van der Waals surface area contributed by atoms with E-state index in [9.17, 15) is 14.4 Å². The van der Waals surface area contributed by atoms with Crippen molar-refractivity contribution in [1.82, 2.24) is 0 Å². The van der Waals surface area contributed by atoms with E-state index in [0.29, 0.717) is 23.0 Å². The molecule has 0 N–H and O–H groups in total. The van der Waals surface area contributed by atoms with Crippen molar-refractivity contribution in [3.63, 3.8) is 0 Å². The summed E-state index contributed by atoms with van der Waals surface area (Å²) in [6.07, 6.45) is 1.41. The molecule has 0 aliphatic carbocycles. The molecule has 43 heavy (non-hydrogen) atoms. The smallest absolute Gasteiger partial charge is 0.343 e. The topological polar surface area (TPSA) is 74.1 Å². The van der Waals surface area contributed by atoms with Crippen LogP contribution in [0.1, 0.15) is 30.7 Å². The summed E-state index contributed by atoms with van der Waals surface area (Å²) < 4.78 is 6.34. The van der Waals surface area contributed by atoms with Crippen molar-refractivity contribution in [3.05, 3.63) is 144 Å². The Bertz CT molecular complexity index is 1810. The highest BCUT2D eigenvalue weighted by atomic mass is 16.4. The number of urea groups is 1. The zero-order chi connectivity index (χ0) is 29.7. The Morgan fingerprint density at radius 2 is 1.02 bits per heavy atom. The van der Waals surface area contributed by atoms with Gasteiger partial charge in [-0.15, -0.1) is 0 Å². The molecule has 0 bridgehead atoms. The number of nitrogens with zero attached hydrogens (tertiary/aromatic N) is 3. The lowest BCUT2D eigenvalue weighted by Gasteiger charge is -2.40. The van der Waals surface area contributed by atoms with Crippen LogP contribution in [0.25, 0.3) is 6.08 Å². The summed E-state index contributed by atoms with van der Waals surface area (Å²) in [7, 11) is 0. The van der Waals surface area contributed by atoms with Crippen LogP contribution >= 0.6 is 0 Å². The summed E-state index contributed by atoms with van der Waals surface area (Å²) in [4.78, 5) is 45.2. The molecular formula is C36H27N3O4. The number of hydrogen-bond acceptors (Lipinski definition) is 5. The molecule has 2 aliphatic rings. The van der Waals surface area contributed by atoms with E-state index in [4.69, 9.17) is 4.42 Å². The number of furan rings is 1. The van der Waals surface area contributed by atoms with Crippen LogP contribution < -0.4 is 14.7 Å². The van der Waals surface area contributed by atoms with Crippen LogP contribution in [0, 0.1) is 0 Å². The molecule has 0 unspecified atom stereocenters. The fourth-order valence-electron chi connectivity index (χ4n) is 5.93. The molecule has 0 atom stereocenters. The van der Waals surface area contributed by atoms with Gasteiger partial charge in [0.1, 0.15) is 11.3 Å². The molecule has 2 aliphatic heterocycles. The number of para-hydroxylation sites is 4. The molecule has 3 heterocycles. The first kappa shape index (κ1) is 26.2. The fourth-order valence-corrected chi connectivity index (χ4v) is 5.93. The lowest BCUT2D eigenvalue weighted by molar-refractivity contribution is -0.121. The number of anilines is 5. The third-order valence-corrected chi connectivity index (χ3v) is 8.03. The summed E-state index contributed by atoms with van der Waals surface area (Å²) >= 11 is 0. The normalized spacial score (nSPS) is 15.8. The van der Waals surface area contributed by atoms with Crippen LogP contribution in [0.4, 0.5) is 33.4 Å². The maximum atomic E-state index is 13.8. The summed E-state index contributed by atoms with van der Waals surface area (Å²) in [6, 6.07) is 36.4. The number of imide groups is 2. The van der Waals surface area contributed by atoms with E-state index in [2.05, 4.69) is 43.0 Å². The van der Waals surface area contributed by atoms with Gasteiger partial charge in [-0.05, 0) is 59.7 Å². The summed E-state index contributed by atoms with van der Waals surface area (Å²) in [5.41, 5.74) is 4.59. The van der Waals surface area contributed by atoms with E-state index < -0.39 is 17.8 Å². The monoisotopic (exact) mass is 565 g/mol. The molecule has 7 nitrogen and oxygen atoms in total. The molecular weight excluding hydrogens is 538 g/mol. The third kappa shape index (κ3) is 4.16. The number of rotatable bonds is 4. The number of carbonyl (C=O) groups excluding carboxylic acids is 3. The van der Waals surface area contributed by atoms with Gasteiger partial charge in [0.2, 0.25) is 5.88 Å². The van der Waals surface area contributed by atoms with Crippen molar-refractivity contribution < 1.29 is 18.8 Å². The quantitative estimate of drug-likeness (QED) is 0.163. The second-order valence-corrected chi connectivity index (χ2v) is 11.0. The number of amides is 4. The Kier molecular flexibility index (Phi) is 6.09. The summed E-state index contributed by atoms with van der Waals surface area (Å²) in [5.74, 6) is -0.598. The Labute approximate surface area is 248 Å². The van der Waals surface area contributed by atoms with Gasteiger partial charge in [-0.25, -0.2) is 14.6 Å². The fraction of sp³-hybridized carbons (Fsp3) is 0.0833. The van der Waals surface area contributed by atoms with Gasteiger partial charge in [-0.3, -0.25) is 14.5 Å². The second kappa shape index (κ2) is 9.99. The van der Waals surface area contributed by atoms with E-state index in [1.807, 2.05) is 30.3 Å². The van der Waals surface area contributed by atoms with E-state index in [1.54, 1.807) is 66.7 Å². The second-order valence-electron chi connectivity index (χ2n) is 11.0. The van der Waals surface area contributed by atoms with Gasteiger partial charge in [0.05, 0.1) is 22.7 Å². The Morgan fingerprint density at radius 3 is 1.53 bits per heavy atom. The molecule has 7 rings (SSSR count). The molecule has 4 amide bonds. The molecule has 0 radical (unpaired) electrons. The molecule has 210 valence electrons. The number of benzene rings is 4. The lowest BCUT2D eigenvalue weighted by Crippen LogP contribution is -2.57. The minimum Gasteiger partial charge on any atom is -0.440 e. The molecule has 1 aromatic heterocycles. The molecule has 7 heteroatoms. The third-order valence-electron chi connectivity index (χ3n) is 8.03. The Hall–Kier alpha value is -5.69. The van der Waals surface area contributed by atoms with Gasteiger partial charge in [0.25, 0.3) is 11.8 Å². The van der Waals surface area contributed by atoms with Gasteiger partial charge < -0.3 is 4.42 Å². The minimum absolute atomic E-state index is 0.186. The van der Waals surface area contributed by atoms with Crippen molar-refractivity contribution in [2.24, 2.45) is 0 Å². The van der Waals surface area contributed by atoms with Gasteiger partial charge in [0, 0.05) is 11.5 Å². The predicted molar refractivity (Wildman–Crippen MR) is 167 cm³/mol. The minimum atomic E-state index is -0.742. The zero-order valence-corrected chi connectivity index (χ0v) is 23.6. The van der Waals surface area contributed by atoms with E-state index in [0.717, 1.165) is 32.3 Å². The van der Waals surface area contributed by atoms with Gasteiger partial charge in [-0.2, -0.15) is 0 Å². The standard InChI is InChI=1S/C36H27N3O4/c1-36(2)28-17-9-11-19-30(28)39(31-20-12-10-18-29(31)36)32-22-21-26(43-32)23-27-33(40)37(24-13-5-3-6-14-24)35(42)38(34(27)41)25-15-7-4-8-16-25/h3-23H,1-2H3. The summed E-state index contributed by atoms with van der Waals surface area (Å²) in [6.45, 7) is 4.41. The lowest BCUT2D eigenvalue weighted by atomic mass is 9.74. The van der Waals surface area contributed by atoms with Crippen LogP contribution in [-0.2, 0) is 15.0 Å². The Balaban J connectivity index is 1.33. The maximum absolute atomic E-state index is 13.8. The SMILES string of the molecule is CC1(C)c2ccccc2N(c2ccc(C=C3C(=O)N(c4ccccc4)C(=O)N(c4ccccc4)C3=O)o2)c2ccccc21. The first-order chi connectivity index (χ1) is 20.9. The van der Waals surface area contributed by atoms with Crippen LogP contribution in [0.5, 0.6) is 0 Å².